The van der Waals surface area contributed by atoms with Gasteiger partial charge in [-0.2, -0.15) is 0 Å². The normalized spacial score (nSPS) is 23.0. The van der Waals surface area contributed by atoms with Gasteiger partial charge in [0.1, 0.15) is 0 Å². The highest BCUT2D eigenvalue weighted by Crippen LogP contribution is 2.41. The average Bonchev–Trinajstić information content (AvgIpc) is 2.85. The SMILES string of the molecule is CCC1=C(C)CC2c3[nH]c4ccccc4c3CCN2C1. The number of nitrogens with one attached hydrogen (secondary N) is 1. The molecule has 0 radical (unpaired) electrons. The molecule has 1 aromatic carbocycles. The van der Waals surface area contributed by atoms with Crippen molar-refractivity contribution in [2.75, 3.05) is 13.1 Å². The Hall–Kier alpha value is -1.54. The summed E-state index contributed by atoms with van der Waals surface area (Å²) in [5, 5.41) is 1.44. The van der Waals surface area contributed by atoms with Crippen LogP contribution < -0.4 is 0 Å². The van der Waals surface area contributed by atoms with Crippen molar-refractivity contribution in [2.45, 2.75) is 39.2 Å². The van der Waals surface area contributed by atoms with Crippen LogP contribution in [0.25, 0.3) is 10.9 Å². The van der Waals surface area contributed by atoms with E-state index in [9.17, 15) is 0 Å². The Bertz CT molecular complexity index is 693. The number of H-pyrrole nitrogens is 1. The molecule has 0 amide bonds. The fraction of sp³-hybridized carbons (Fsp3) is 0.444. The predicted molar refractivity (Wildman–Crippen MR) is 83.9 cm³/mol. The van der Waals surface area contributed by atoms with E-state index in [4.69, 9.17) is 0 Å². The largest absolute Gasteiger partial charge is 0.357 e. The van der Waals surface area contributed by atoms with Crippen molar-refractivity contribution >= 4 is 10.9 Å². The minimum atomic E-state index is 0.571. The van der Waals surface area contributed by atoms with Crippen molar-refractivity contribution in [2.24, 2.45) is 0 Å². The summed E-state index contributed by atoms with van der Waals surface area (Å²) < 4.78 is 0. The molecule has 20 heavy (non-hydrogen) atoms. The predicted octanol–water partition coefficient (Wildman–Crippen LogP) is 4.20. The van der Waals surface area contributed by atoms with Crippen LogP contribution in [0.3, 0.4) is 0 Å². The molecular weight excluding hydrogens is 244 g/mol. The molecule has 104 valence electrons. The number of hydrogen-bond donors (Lipinski definition) is 1. The molecule has 4 rings (SSSR count). The van der Waals surface area contributed by atoms with Gasteiger partial charge in [0.15, 0.2) is 0 Å². The monoisotopic (exact) mass is 266 g/mol. The molecule has 2 aliphatic rings. The van der Waals surface area contributed by atoms with Gasteiger partial charge in [-0.3, -0.25) is 4.90 Å². The summed E-state index contributed by atoms with van der Waals surface area (Å²) in [6, 6.07) is 9.33. The number of aromatic nitrogens is 1. The number of benzene rings is 1. The summed E-state index contributed by atoms with van der Waals surface area (Å²) in [4.78, 5) is 6.37. The Kier molecular flexibility index (Phi) is 2.74. The molecule has 2 aliphatic heterocycles. The highest BCUT2D eigenvalue weighted by molar-refractivity contribution is 5.85. The van der Waals surface area contributed by atoms with Crippen LogP contribution in [0.4, 0.5) is 0 Å². The highest BCUT2D eigenvalue weighted by Gasteiger charge is 2.33. The molecule has 1 atom stereocenters. The Morgan fingerprint density at radius 1 is 1.30 bits per heavy atom. The van der Waals surface area contributed by atoms with Gasteiger partial charge in [-0.15, -0.1) is 0 Å². The highest BCUT2D eigenvalue weighted by atomic mass is 15.2. The number of nitrogens with zero attached hydrogens (tertiary/aromatic N) is 1. The molecule has 2 nitrogen and oxygen atoms in total. The van der Waals surface area contributed by atoms with Crippen molar-refractivity contribution in [1.82, 2.24) is 9.88 Å². The third-order valence-electron chi connectivity index (χ3n) is 5.19. The van der Waals surface area contributed by atoms with Crippen LogP contribution in [-0.2, 0) is 6.42 Å². The molecule has 3 heterocycles. The van der Waals surface area contributed by atoms with E-state index in [1.54, 1.807) is 16.7 Å². The standard InChI is InChI=1S/C18H22N2/c1-3-13-11-20-9-8-15-14-6-4-5-7-16(14)19-18(15)17(20)10-12(13)2/h4-7,17,19H,3,8-11H2,1-2H3. The first-order chi connectivity index (χ1) is 9.78. The van der Waals surface area contributed by atoms with Gasteiger partial charge < -0.3 is 4.98 Å². The maximum Gasteiger partial charge on any atom is 0.0542 e. The summed E-state index contributed by atoms with van der Waals surface area (Å²) >= 11 is 0. The molecule has 1 N–H and O–H groups in total. The van der Waals surface area contributed by atoms with E-state index >= 15 is 0 Å². The maximum absolute atomic E-state index is 3.70. The van der Waals surface area contributed by atoms with E-state index in [2.05, 4.69) is 48.0 Å². The average molecular weight is 266 g/mol. The van der Waals surface area contributed by atoms with Crippen LogP contribution in [0.5, 0.6) is 0 Å². The van der Waals surface area contributed by atoms with E-state index < -0.39 is 0 Å². The Morgan fingerprint density at radius 3 is 3.00 bits per heavy atom. The molecule has 0 saturated heterocycles. The molecule has 0 fully saturated rings. The van der Waals surface area contributed by atoms with Gasteiger partial charge in [0.05, 0.1) is 6.04 Å². The number of aromatic amines is 1. The van der Waals surface area contributed by atoms with Crippen molar-refractivity contribution in [3.8, 4) is 0 Å². The van der Waals surface area contributed by atoms with Gasteiger partial charge in [0, 0.05) is 29.7 Å². The number of para-hydroxylation sites is 1. The van der Waals surface area contributed by atoms with Crippen LogP contribution in [0.15, 0.2) is 35.4 Å². The van der Waals surface area contributed by atoms with Gasteiger partial charge in [-0.05, 0) is 37.8 Å². The summed E-state index contributed by atoms with van der Waals surface area (Å²) in [7, 11) is 0. The second-order valence-electron chi connectivity index (χ2n) is 6.24. The molecule has 2 heteroatoms. The second kappa shape index (κ2) is 4.49. The lowest BCUT2D eigenvalue weighted by atomic mass is 9.87. The molecule has 0 bridgehead atoms. The number of hydrogen-bond acceptors (Lipinski definition) is 1. The molecule has 0 aliphatic carbocycles. The maximum atomic E-state index is 3.70. The smallest absolute Gasteiger partial charge is 0.0542 e. The fourth-order valence-electron chi connectivity index (χ4n) is 4.02. The van der Waals surface area contributed by atoms with Gasteiger partial charge in [-0.25, -0.2) is 0 Å². The van der Waals surface area contributed by atoms with Crippen LogP contribution in [0.1, 0.15) is 44.0 Å². The van der Waals surface area contributed by atoms with E-state index in [-0.39, 0.29) is 0 Å². The summed E-state index contributed by atoms with van der Waals surface area (Å²) in [5.74, 6) is 0. The van der Waals surface area contributed by atoms with Crippen molar-refractivity contribution in [3.05, 3.63) is 46.7 Å². The second-order valence-corrected chi connectivity index (χ2v) is 6.24. The van der Waals surface area contributed by atoms with Crippen LogP contribution in [-0.4, -0.2) is 23.0 Å². The molecular formula is C18H22N2. The Balaban J connectivity index is 1.82. The van der Waals surface area contributed by atoms with E-state index in [1.165, 1.54) is 48.9 Å². The first-order valence-corrected chi connectivity index (χ1v) is 7.79. The lowest BCUT2D eigenvalue weighted by Gasteiger charge is -2.40. The molecule has 2 aromatic rings. The third-order valence-corrected chi connectivity index (χ3v) is 5.19. The Labute approximate surface area is 120 Å². The molecule has 0 saturated carbocycles. The first kappa shape index (κ1) is 12.2. The van der Waals surface area contributed by atoms with E-state index in [1.807, 2.05) is 0 Å². The molecule has 0 spiro atoms. The zero-order valence-electron chi connectivity index (χ0n) is 12.4. The lowest BCUT2D eigenvalue weighted by Crippen LogP contribution is -2.39. The lowest BCUT2D eigenvalue weighted by molar-refractivity contribution is 0.182. The topological polar surface area (TPSA) is 19.0 Å². The van der Waals surface area contributed by atoms with Crippen LogP contribution >= 0.6 is 0 Å². The minimum absolute atomic E-state index is 0.571. The quantitative estimate of drug-likeness (QED) is 0.767. The fourth-order valence-corrected chi connectivity index (χ4v) is 4.02. The minimum Gasteiger partial charge on any atom is -0.357 e. The van der Waals surface area contributed by atoms with Gasteiger partial charge in [-0.1, -0.05) is 36.3 Å². The van der Waals surface area contributed by atoms with Gasteiger partial charge in [0.2, 0.25) is 0 Å². The number of rotatable bonds is 1. The van der Waals surface area contributed by atoms with Crippen molar-refractivity contribution in [1.29, 1.82) is 0 Å². The first-order valence-electron chi connectivity index (χ1n) is 7.79. The summed E-state index contributed by atoms with van der Waals surface area (Å²) in [6.45, 7) is 6.99. The Morgan fingerprint density at radius 2 is 2.15 bits per heavy atom. The zero-order valence-corrected chi connectivity index (χ0v) is 12.4. The van der Waals surface area contributed by atoms with E-state index in [0.717, 1.165) is 0 Å². The zero-order chi connectivity index (χ0) is 13.7. The van der Waals surface area contributed by atoms with E-state index in [0.29, 0.717) is 6.04 Å². The third kappa shape index (κ3) is 1.68. The van der Waals surface area contributed by atoms with Crippen molar-refractivity contribution < 1.29 is 0 Å². The molecule has 1 unspecified atom stereocenters. The number of fused-ring (bicyclic) bond motifs is 5. The summed E-state index contributed by atoms with van der Waals surface area (Å²) in [5.41, 5.74) is 7.62. The van der Waals surface area contributed by atoms with Crippen LogP contribution in [0, 0.1) is 0 Å². The summed E-state index contributed by atoms with van der Waals surface area (Å²) in [6.07, 6.45) is 3.59. The van der Waals surface area contributed by atoms with Gasteiger partial charge >= 0.3 is 0 Å². The van der Waals surface area contributed by atoms with Crippen molar-refractivity contribution in [3.63, 3.8) is 0 Å². The van der Waals surface area contributed by atoms with Crippen LogP contribution in [0.2, 0.25) is 0 Å². The molecule has 1 aromatic heterocycles. The van der Waals surface area contributed by atoms with Gasteiger partial charge in [0.25, 0.3) is 0 Å².